The Morgan fingerprint density at radius 2 is 1.87 bits per heavy atom. The molecule has 2 N–H and O–H groups in total. The number of methoxy groups -OCH3 is 1. The number of benzene rings is 2. The van der Waals surface area contributed by atoms with Crippen LogP contribution in [0.3, 0.4) is 0 Å². The monoisotopic (exact) mass is 666 g/mol. The minimum absolute atomic E-state index is 0.0336. The SMILES string of the molecule is COc1cn([C@@H](Cc2cc(C)on2)C(=O)Nc2ccc(-c3nn[nH]n3)cc2)c(=O)cc1-c1cc(Cl)ccc1-n1cc(C(F)(F)F)nn1. The lowest BCUT2D eigenvalue weighted by molar-refractivity contribution is -0.141. The Balaban J connectivity index is 1.39. The zero-order chi connectivity index (χ0) is 33.3. The van der Waals surface area contributed by atoms with Crippen LogP contribution < -0.4 is 15.6 Å². The topological polar surface area (TPSA) is 172 Å². The first-order chi connectivity index (χ1) is 22.5. The van der Waals surface area contributed by atoms with E-state index in [0.717, 1.165) is 10.9 Å². The number of aryl methyl sites for hydroxylation is 1. The van der Waals surface area contributed by atoms with Crippen molar-refractivity contribution < 1.29 is 27.2 Å². The molecule has 14 nitrogen and oxygen atoms in total. The van der Waals surface area contributed by atoms with Gasteiger partial charge in [0.05, 0.1) is 30.9 Å². The third kappa shape index (κ3) is 6.60. The number of anilines is 1. The number of halogens is 4. The van der Waals surface area contributed by atoms with Gasteiger partial charge in [0.2, 0.25) is 11.7 Å². The summed E-state index contributed by atoms with van der Waals surface area (Å²) in [4.78, 5) is 27.5. The Labute approximate surface area is 267 Å². The summed E-state index contributed by atoms with van der Waals surface area (Å²) in [6.45, 7) is 1.69. The molecule has 0 bridgehead atoms. The second kappa shape index (κ2) is 12.5. The number of nitrogens with zero attached hydrogens (tertiary/aromatic N) is 8. The van der Waals surface area contributed by atoms with Gasteiger partial charge in [0.15, 0.2) is 5.69 Å². The van der Waals surface area contributed by atoms with Gasteiger partial charge in [0.25, 0.3) is 5.56 Å². The lowest BCUT2D eigenvalue weighted by atomic mass is 10.0. The molecule has 6 rings (SSSR count). The summed E-state index contributed by atoms with van der Waals surface area (Å²) >= 11 is 6.27. The largest absolute Gasteiger partial charge is 0.495 e. The van der Waals surface area contributed by atoms with Crippen molar-refractivity contribution in [3.05, 3.63) is 99.5 Å². The second-order valence-corrected chi connectivity index (χ2v) is 10.6. The van der Waals surface area contributed by atoms with Crippen LogP contribution in [0, 0.1) is 6.92 Å². The number of ether oxygens (including phenoxy) is 1. The molecule has 0 aliphatic heterocycles. The Morgan fingerprint density at radius 1 is 1.09 bits per heavy atom. The Morgan fingerprint density at radius 3 is 2.51 bits per heavy atom. The summed E-state index contributed by atoms with van der Waals surface area (Å²) in [7, 11) is 1.34. The van der Waals surface area contributed by atoms with Gasteiger partial charge in [-0.2, -0.15) is 18.4 Å². The number of nitrogens with one attached hydrogen (secondary N) is 2. The summed E-state index contributed by atoms with van der Waals surface area (Å²) in [5, 5.41) is 27.6. The highest BCUT2D eigenvalue weighted by atomic mass is 35.5. The fourth-order valence-electron chi connectivity index (χ4n) is 4.82. The highest BCUT2D eigenvalue weighted by Crippen LogP contribution is 2.36. The van der Waals surface area contributed by atoms with Gasteiger partial charge < -0.3 is 14.6 Å². The van der Waals surface area contributed by atoms with E-state index in [1.54, 1.807) is 37.3 Å². The molecule has 4 aromatic heterocycles. The molecule has 0 unspecified atom stereocenters. The quantitative estimate of drug-likeness (QED) is 0.221. The van der Waals surface area contributed by atoms with Crippen LogP contribution in [0.2, 0.25) is 5.02 Å². The van der Waals surface area contributed by atoms with Crippen molar-refractivity contribution in [3.63, 3.8) is 0 Å². The number of aromatic nitrogens is 9. The van der Waals surface area contributed by atoms with Gasteiger partial charge >= 0.3 is 6.18 Å². The lowest BCUT2D eigenvalue weighted by Gasteiger charge is -2.21. The fraction of sp³-hybridized carbons (Fsp3) is 0.172. The average Bonchev–Trinajstić information content (AvgIpc) is 3.83. The van der Waals surface area contributed by atoms with E-state index in [9.17, 15) is 22.8 Å². The number of tetrazole rings is 1. The maximum atomic E-state index is 13.8. The number of carbonyl (C=O) groups is 1. The van der Waals surface area contributed by atoms with Crippen molar-refractivity contribution in [2.45, 2.75) is 25.6 Å². The molecule has 18 heteroatoms. The zero-order valence-corrected chi connectivity index (χ0v) is 25.1. The minimum Gasteiger partial charge on any atom is -0.495 e. The van der Waals surface area contributed by atoms with E-state index in [-0.39, 0.29) is 34.0 Å². The number of alkyl halides is 3. The van der Waals surface area contributed by atoms with E-state index in [1.165, 1.54) is 42.1 Å². The predicted molar refractivity (Wildman–Crippen MR) is 160 cm³/mol. The molecule has 6 aromatic rings. The van der Waals surface area contributed by atoms with Crippen LogP contribution in [-0.4, -0.2) is 58.4 Å². The second-order valence-electron chi connectivity index (χ2n) is 10.2. The van der Waals surface area contributed by atoms with Gasteiger partial charge in [-0.3, -0.25) is 14.2 Å². The average molecular weight is 667 g/mol. The van der Waals surface area contributed by atoms with Crippen LogP contribution in [0.25, 0.3) is 28.2 Å². The number of H-pyrrole nitrogens is 1. The van der Waals surface area contributed by atoms with Crippen molar-refractivity contribution in [1.29, 1.82) is 0 Å². The van der Waals surface area contributed by atoms with E-state index in [2.05, 4.69) is 41.4 Å². The molecule has 0 fully saturated rings. The van der Waals surface area contributed by atoms with Crippen molar-refractivity contribution in [1.82, 2.24) is 45.3 Å². The maximum Gasteiger partial charge on any atom is 0.436 e. The maximum absolute atomic E-state index is 13.8. The van der Waals surface area contributed by atoms with Crippen LogP contribution in [0.5, 0.6) is 5.75 Å². The van der Waals surface area contributed by atoms with Crippen molar-refractivity contribution in [3.8, 4) is 34.0 Å². The third-order valence-corrected chi connectivity index (χ3v) is 7.25. The fourth-order valence-corrected chi connectivity index (χ4v) is 4.99. The minimum atomic E-state index is -4.72. The molecule has 0 aliphatic rings. The van der Waals surface area contributed by atoms with Crippen LogP contribution >= 0.6 is 11.6 Å². The van der Waals surface area contributed by atoms with Gasteiger partial charge in [-0.1, -0.05) is 22.0 Å². The van der Waals surface area contributed by atoms with Crippen LogP contribution in [-0.2, 0) is 17.4 Å². The molecule has 1 atom stereocenters. The van der Waals surface area contributed by atoms with Gasteiger partial charge in [-0.05, 0) is 54.6 Å². The van der Waals surface area contributed by atoms with Gasteiger partial charge in [0, 0.05) is 46.0 Å². The number of hydrogen-bond donors (Lipinski definition) is 2. The number of hydrogen-bond acceptors (Lipinski definition) is 10. The van der Waals surface area contributed by atoms with Crippen molar-refractivity contribution >= 4 is 23.2 Å². The smallest absolute Gasteiger partial charge is 0.436 e. The van der Waals surface area contributed by atoms with Crippen LogP contribution in [0.1, 0.15) is 23.2 Å². The molecule has 0 radical (unpaired) electrons. The zero-order valence-electron chi connectivity index (χ0n) is 24.4. The summed E-state index contributed by atoms with van der Waals surface area (Å²) in [6, 6.07) is 12.7. The highest BCUT2D eigenvalue weighted by Gasteiger charge is 2.35. The summed E-state index contributed by atoms with van der Waals surface area (Å²) in [6.07, 6.45) is -2.71. The molecule has 0 saturated carbocycles. The predicted octanol–water partition coefficient (Wildman–Crippen LogP) is 4.68. The Hall–Kier alpha value is -5.84. The standard InChI is InChI=1S/C29H22ClF3N10O4/c1-15-9-19(38-47-15)11-23(28(45)34-18-6-3-16(4-7-18)27-36-39-40-37-27)42-13-24(46-2)21(12-26(42)44)20-10-17(30)5-8-22(20)43-14-25(35-41-43)29(31,32)33/h3-10,12-14,23H,11H2,1-2H3,(H,34,45)(H,36,37,39,40)/t23-/m0/s1. The molecule has 2 aromatic carbocycles. The van der Waals surface area contributed by atoms with E-state index >= 15 is 0 Å². The van der Waals surface area contributed by atoms with E-state index in [0.29, 0.717) is 28.5 Å². The molecular weight excluding hydrogens is 645 g/mol. The molecular formula is C29H22ClF3N10O4. The van der Waals surface area contributed by atoms with Crippen molar-refractivity contribution in [2.75, 3.05) is 12.4 Å². The van der Waals surface area contributed by atoms with Gasteiger partial charge in [-0.15, -0.1) is 15.3 Å². The van der Waals surface area contributed by atoms with E-state index in [4.69, 9.17) is 20.9 Å². The third-order valence-electron chi connectivity index (χ3n) is 7.02. The first-order valence-corrected chi connectivity index (χ1v) is 14.0. The molecule has 1 amide bonds. The molecule has 47 heavy (non-hydrogen) atoms. The number of amides is 1. The lowest BCUT2D eigenvalue weighted by Crippen LogP contribution is -2.34. The number of pyridine rings is 1. The molecule has 0 aliphatic carbocycles. The molecule has 4 heterocycles. The highest BCUT2D eigenvalue weighted by molar-refractivity contribution is 6.31. The number of carbonyl (C=O) groups excluding carboxylic acids is 1. The molecule has 0 spiro atoms. The van der Waals surface area contributed by atoms with E-state index in [1.807, 2.05) is 0 Å². The number of rotatable bonds is 9. The Kier molecular flexibility index (Phi) is 8.29. The summed E-state index contributed by atoms with van der Waals surface area (Å²) in [5.41, 5.74) is 0.212. The summed E-state index contributed by atoms with van der Waals surface area (Å²) in [5.74, 6) is 0.434. The first kappa shape index (κ1) is 31.2. The first-order valence-electron chi connectivity index (χ1n) is 13.7. The molecule has 0 saturated heterocycles. The van der Waals surface area contributed by atoms with Gasteiger partial charge in [-0.25, -0.2) is 4.68 Å². The molecule has 240 valence electrons. The summed E-state index contributed by atoms with van der Waals surface area (Å²) < 4.78 is 52.7. The van der Waals surface area contributed by atoms with Crippen LogP contribution in [0.4, 0.5) is 18.9 Å². The van der Waals surface area contributed by atoms with Gasteiger partial charge in [0.1, 0.15) is 17.6 Å². The van der Waals surface area contributed by atoms with Crippen molar-refractivity contribution in [2.24, 2.45) is 0 Å². The Bertz CT molecular complexity index is 2110. The van der Waals surface area contributed by atoms with E-state index < -0.39 is 29.4 Å². The number of aromatic amines is 1. The van der Waals surface area contributed by atoms with Crippen LogP contribution in [0.15, 0.2) is 76.3 Å². The normalized spacial score (nSPS) is 12.2.